The van der Waals surface area contributed by atoms with Crippen molar-refractivity contribution in [2.75, 3.05) is 0 Å². The predicted octanol–water partition coefficient (Wildman–Crippen LogP) is 1.90. The first-order chi connectivity index (χ1) is 7.40. The number of aliphatic imine (C=N–C) groups is 1. The molecule has 0 amide bonds. The zero-order valence-electron chi connectivity index (χ0n) is 8.37. The van der Waals surface area contributed by atoms with Gasteiger partial charge in [-0.15, -0.1) is 11.3 Å². The highest BCUT2D eigenvalue weighted by Gasteiger charge is 2.01. The minimum absolute atomic E-state index is 0.560. The molecule has 6 heteroatoms. The molecule has 2 aromatic rings. The van der Waals surface area contributed by atoms with Crippen LogP contribution >= 0.6 is 11.3 Å². The van der Waals surface area contributed by atoms with Gasteiger partial charge in [-0.1, -0.05) is 18.1 Å². The van der Waals surface area contributed by atoms with E-state index in [-0.39, 0.29) is 0 Å². The van der Waals surface area contributed by atoms with Crippen molar-refractivity contribution in [1.82, 2.24) is 20.2 Å². The molecule has 2 rings (SSSR count). The van der Waals surface area contributed by atoms with Gasteiger partial charge >= 0.3 is 0 Å². The van der Waals surface area contributed by atoms with Crippen LogP contribution in [0.5, 0.6) is 0 Å². The van der Waals surface area contributed by atoms with E-state index in [1.54, 1.807) is 22.2 Å². The van der Waals surface area contributed by atoms with E-state index in [4.69, 9.17) is 0 Å². The Hall–Kier alpha value is -1.56. The molecule has 0 radical (unpaired) electrons. The van der Waals surface area contributed by atoms with E-state index in [9.17, 15) is 0 Å². The molecule has 15 heavy (non-hydrogen) atoms. The van der Waals surface area contributed by atoms with Gasteiger partial charge in [0.1, 0.15) is 0 Å². The maximum Gasteiger partial charge on any atom is 0.269 e. The van der Waals surface area contributed by atoms with Crippen molar-refractivity contribution in [3.8, 4) is 0 Å². The van der Waals surface area contributed by atoms with Gasteiger partial charge in [0.25, 0.3) is 5.95 Å². The maximum atomic E-state index is 4.24. The third kappa shape index (κ3) is 2.47. The molecule has 0 aliphatic rings. The van der Waals surface area contributed by atoms with Crippen LogP contribution in [0.3, 0.4) is 0 Å². The molecule has 0 saturated carbocycles. The van der Waals surface area contributed by atoms with Crippen LogP contribution in [0.15, 0.2) is 22.5 Å². The lowest BCUT2D eigenvalue weighted by molar-refractivity contribution is 0.582. The van der Waals surface area contributed by atoms with Gasteiger partial charge in [0, 0.05) is 17.6 Å². The molecule has 2 heterocycles. The van der Waals surface area contributed by atoms with Crippen molar-refractivity contribution in [3.05, 3.63) is 22.4 Å². The SMILES string of the molecule is CCCn1nnnc1N=Cc1cccs1. The second kappa shape index (κ2) is 4.79. The van der Waals surface area contributed by atoms with Gasteiger partial charge in [-0.3, -0.25) is 0 Å². The summed E-state index contributed by atoms with van der Waals surface area (Å²) in [6.45, 7) is 2.87. The normalized spacial score (nSPS) is 11.3. The van der Waals surface area contributed by atoms with Crippen LogP contribution in [0.2, 0.25) is 0 Å². The topological polar surface area (TPSA) is 56.0 Å². The standard InChI is InChI=1S/C9H11N5S/c1-2-5-14-9(11-12-13-14)10-7-8-4-3-6-15-8/h3-4,6-7H,2,5H2,1H3. The fraction of sp³-hybridized carbons (Fsp3) is 0.333. The second-order valence-electron chi connectivity index (χ2n) is 2.98. The summed E-state index contributed by atoms with van der Waals surface area (Å²) in [4.78, 5) is 5.34. The second-order valence-corrected chi connectivity index (χ2v) is 3.95. The van der Waals surface area contributed by atoms with Gasteiger partial charge in [0.15, 0.2) is 0 Å². The minimum Gasteiger partial charge on any atom is -0.217 e. The van der Waals surface area contributed by atoms with Gasteiger partial charge in [0.05, 0.1) is 0 Å². The largest absolute Gasteiger partial charge is 0.269 e. The Morgan fingerprint density at radius 1 is 1.60 bits per heavy atom. The number of aryl methyl sites for hydroxylation is 1. The minimum atomic E-state index is 0.560. The van der Waals surface area contributed by atoms with Gasteiger partial charge < -0.3 is 0 Å². The first-order valence-electron chi connectivity index (χ1n) is 4.74. The van der Waals surface area contributed by atoms with Crippen molar-refractivity contribution < 1.29 is 0 Å². The quantitative estimate of drug-likeness (QED) is 0.741. The number of hydrogen-bond donors (Lipinski definition) is 0. The summed E-state index contributed by atoms with van der Waals surface area (Å²) >= 11 is 1.64. The summed E-state index contributed by atoms with van der Waals surface area (Å²) in [5.74, 6) is 0.560. The predicted molar refractivity (Wildman–Crippen MR) is 59.7 cm³/mol. The highest BCUT2D eigenvalue weighted by Crippen LogP contribution is 2.09. The maximum absolute atomic E-state index is 4.24. The number of tetrazole rings is 1. The molecular formula is C9H11N5S. The number of aromatic nitrogens is 4. The summed E-state index contributed by atoms with van der Waals surface area (Å²) in [7, 11) is 0. The highest BCUT2D eigenvalue weighted by molar-refractivity contribution is 7.11. The Kier molecular flexibility index (Phi) is 3.18. The van der Waals surface area contributed by atoms with Gasteiger partial charge in [-0.25, -0.2) is 9.67 Å². The third-order valence-corrected chi connectivity index (χ3v) is 2.61. The van der Waals surface area contributed by atoms with E-state index in [1.807, 2.05) is 17.5 Å². The Labute approximate surface area is 91.5 Å². The molecular weight excluding hydrogens is 210 g/mol. The van der Waals surface area contributed by atoms with Gasteiger partial charge in [-0.05, 0) is 28.3 Å². The van der Waals surface area contributed by atoms with Crippen LogP contribution in [0.4, 0.5) is 5.95 Å². The Morgan fingerprint density at radius 2 is 2.53 bits per heavy atom. The molecule has 0 spiro atoms. The fourth-order valence-electron chi connectivity index (χ4n) is 1.13. The van der Waals surface area contributed by atoms with Gasteiger partial charge in [0.2, 0.25) is 0 Å². The lowest BCUT2D eigenvalue weighted by atomic mass is 10.5. The molecule has 0 atom stereocenters. The Balaban J connectivity index is 2.13. The van der Waals surface area contributed by atoms with Crippen molar-refractivity contribution in [1.29, 1.82) is 0 Å². The molecule has 0 aromatic carbocycles. The lowest BCUT2D eigenvalue weighted by Gasteiger charge is -1.95. The molecule has 5 nitrogen and oxygen atoms in total. The smallest absolute Gasteiger partial charge is 0.217 e. The van der Waals surface area contributed by atoms with E-state index in [0.717, 1.165) is 17.8 Å². The van der Waals surface area contributed by atoms with E-state index >= 15 is 0 Å². The lowest BCUT2D eigenvalue weighted by Crippen LogP contribution is -1.98. The van der Waals surface area contributed by atoms with Crippen LogP contribution in [-0.4, -0.2) is 26.4 Å². The zero-order valence-corrected chi connectivity index (χ0v) is 9.18. The Bertz CT molecular complexity index is 431. The van der Waals surface area contributed by atoms with Crippen LogP contribution < -0.4 is 0 Å². The molecule has 0 fully saturated rings. The number of thiophene rings is 1. The zero-order chi connectivity index (χ0) is 10.5. The first-order valence-corrected chi connectivity index (χ1v) is 5.62. The molecule has 78 valence electrons. The highest BCUT2D eigenvalue weighted by atomic mass is 32.1. The average molecular weight is 221 g/mol. The number of hydrogen-bond acceptors (Lipinski definition) is 5. The summed E-state index contributed by atoms with van der Waals surface area (Å²) in [5.41, 5.74) is 0. The molecule has 0 aliphatic carbocycles. The summed E-state index contributed by atoms with van der Waals surface area (Å²) in [6.07, 6.45) is 2.77. The summed E-state index contributed by atoms with van der Waals surface area (Å²) in [6, 6.07) is 3.99. The first kappa shape index (κ1) is 9.97. The van der Waals surface area contributed by atoms with Crippen molar-refractivity contribution in [2.24, 2.45) is 4.99 Å². The van der Waals surface area contributed by atoms with Crippen LogP contribution in [0, 0.1) is 0 Å². The molecule has 0 N–H and O–H groups in total. The van der Waals surface area contributed by atoms with E-state index in [0.29, 0.717) is 5.95 Å². The van der Waals surface area contributed by atoms with Crippen molar-refractivity contribution in [3.63, 3.8) is 0 Å². The van der Waals surface area contributed by atoms with Crippen LogP contribution in [0.1, 0.15) is 18.2 Å². The van der Waals surface area contributed by atoms with Crippen molar-refractivity contribution in [2.45, 2.75) is 19.9 Å². The molecule has 2 aromatic heterocycles. The molecule has 0 bridgehead atoms. The fourth-order valence-corrected chi connectivity index (χ4v) is 1.72. The average Bonchev–Trinajstić information content (AvgIpc) is 2.85. The van der Waals surface area contributed by atoms with Crippen molar-refractivity contribution >= 4 is 23.5 Å². The Morgan fingerprint density at radius 3 is 3.27 bits per heavy atom. The van der Waals surface area contributed by atoms with Gasteiger partial charge in [-0.2, -0.15) is 0 Å². The van der Waals surface area contributed by atoms with Crippen LogP contribution in [0.25, 0.3) is 0 Å². The van der Waals surface area contributed by atoms with E-state index in [2.05, 4.69) is 27.4 Å². The third-order valence-electron chi connectivity index (χ3n) is 1.80. The monoisotopic (exact) mass is 221 g/mol. The summed E-state index contributed by atoms with van der Waals surface area (Å²) in [5, 5.41) is 13.3. The molecule has 0 saturated heterocycles. The van der Waals surface area contributed by atoms with Crippen LogP contribution in [-0.2, 0) is 6.54 Å². The van der Waals surface area contributed by atoms with E-state index in [1.165, 1.54) is 0 Å². The van der Waals surface area contributed by atoms with E-state index < -0.39 is 0 Å². The number of rotatable bonds is 4. The molecule has 0 unspecified atom stereocenters. The molecule has 0 aliphatic heterocycles. The summed E-state index contributed by atoms with van der Waals surface area (Å²) < 4.78 is 1.70. The number of nitrogens with zero attached hydrogens (tertiary/aromatic N) is 5.